The zero-order valence-corrected chi connectivity index (χ0v) is 9.66. The molecule has 88 valence electrons. The second kappa shape index (κ2) is 4.13. The first-order valence-electron chi connectivity index (χ1n) is 5.13. The van der Waals surface area contributed by atoms with Crippen molar-refractivity contribution in [1.82, 2.24) is 0 Å². The molecule has 4 N–H and O–H groups in total. The summed E-state index contributed by atoms with van der Waals surface area (Å²) in [6.45, 7) is 1.95. The lowest BCUT2D eigenvalue weighted by Crippen LogP contribution is -2.12. The third-order valence-corrected chi connectivity index (χ3v) is 3.14. The zero-order chi connectivity index (χ0) is 11.9. The van der Waals surface area contributed by atoms with E-state index in [4.69, 9.17) is 22.1 Å². The minimum atomic E-state index is -0.928. The third-order valence-electron chi connectivity index (χ3n) is 2.73. The number of nitrogens with two attached hydrogens (primary N) is 1. The molecule has 2 rings (SSSR count). The van der Waals surface area contributed by atoms with E-state index in [-0.39, 0.29) is 23.4 Å². The maximum absolute atomic E-state index is 9.85. The summed E-state index contributed by atoms with van der Waals surface area (Å²) in [7, 11) is 0. The number of hydrogen-bond donors (Lipinski definition) is 3. The molecule has 1 aromatic carbocycles. The Kier molecular flexibility index (Phi) is 2.97. The van der Waals surface area contributed by atoms with Gasteiger partial charge in [0.25, 0.3) is 0 Å². The average Bonchev–Trinajstić information content (AvgIpc) is 2.63. The number of aliphatic hydroxyl groups is 1. The molecule has 16 heavy (non-hydrogen) atoms. The van der Waals surface area contributed by atoms with Crippen molar-refractivity contribution in [3.8, 4) is 11.5 Å². The van der Waals surface area contributed by atoms with Gasteiger partial charge in [0, 0.05) is 24.1 Å². The maximum atomic E-state index is 9.85. The largest absolute Gasteiger partial charge is 0.506 e. The fraction of sp³-hybridized carbons (Fsp3) is 0.455. The Morgan fingerprint density at radius 3 is 3.00 bits per heavy atom. The molecule has 1 aromatic rings. The van der Waals surface area contributed by atoms with Crippen molar-refractivity contribution in [2.75, 3.05) is 6.54 Å². The fourth-order valence-electron chi connectivity index (χ4n) is 1.90. The van der Waals surface area contributed by atoms with Crippen LogP contribution in [0.1, 0.15) is 24.2 Å². The molecule has 0 aromatic heterocycles. The number of ether oxygens (including phenoxy) is 1. The van der Waals surface area contributed by atoms with Crippen LogP contribution in [-0.4, -0.2) is 22.9 Å². The SMILES string of the molecule is CC1Cc2c(cc(C(O)CN)c(O)c2Cl)O1. The molecule has 2 unspecified atom stereocenters. The molecule has 0 spiro atoms. The summed E-state index contributed by atoms with van der Waals surface area (Å²) >= 11 is 6.03. The van der Waals surface area contributed by atoms with Crippen LogP contribution in [0.2, 0.25) is 5.02 Å². The molecular formula is C11H14ClNO3. The Hall–Kier alpha value is -0.970. The van der Waals surface area contributed by atoms with Crippen LogP contribution < -0.4 is 10.5 Å². The number of aliphatic hydroxyl groups excluding tert-OH is 1. The highest BCUT2D eigenvalue weighted by molar-refractivity contribution is 6.33. The van der Waals surface area contributed by atoms with Gasteiger partial charge >= 0.3 is 0 Å². The number of rotatable bonds is 2. The van der Waals surface area contributed by atoms with Gasteiger partial charge in [-0.1, -0.05) is 11.6 Å². The normalized spacial score (nSPS) is 20.4. The highest BCUT2D eigenvalue weighted by Crippen LogP contribution is 2.43. The topological polar surface area (TPSA) is 75.7 Å². The van der Waals surface area contributed by atoms with Crippen LogP contribution in [0.5, 0.6) is 11.5 Å². The van der Waals surface area contributed by atoms with E-state index in [2.05, 4.69) is 0 Å². The van der Waals surface area contributed by atoms with E-state index in [1.807, 2.05) is 6.92 Å². The summed E-state index contributed by atoms with van der Waals surface area (Å²) in [5.41, 5.74) is 6.46. The fourth-order valence-corrected chi connectivity index (χ4v) is 2.18. The quantitative estimate of drug-likeness (QED) is 0.733. The summed E-state index contributed by atoms with van der Waals surface area (Å²) in [5.74, 6) is 0.522. The van der Waals surface area contributed by atoms with Crippen LogP contribution >= 0.6 is 11.6 Å². The lowest BCUT2D eigenvalue weighted by Gasteiger charge is -2.13. The van der Waals surface area contributed by atoms with Gasteiger partial charge in [0.15, 0.2) is 0 Å². The number of phenolic OH excluding ortho intramolecular Hbond substituents is 1. The van der Waals surface area contributed by atoms with Gasteiger partial charge in [0.1, 0.15) is 17.6 Å². The molecule has 1 aliphatic heterocycles. The van der Waals surface area contributed by atoms with Gasteiger partial charge in [0.05, 0.1) is 11.1 Å². The first-order valence-corrected chi connectivity index (χ1v) is 5.51. The smallest absolute Gasteiger partial charge is 0.140 e. The summed E-state index contributed by atoms with van der Waals surface area (Å²) in [6, 6.07) is 1.61. The summed E-state index contributed by atoms with van der Waals surface area (Å²) in [5, 5.41) is 19.7. The van der Waals surface area contributed by atoms with Crippen molar-refractivity contribution >= 4 is 11.6 Å². The minimum absolute atomic E-state index is 0.0260. The third kappa shape index (κ3) is 1.73. The molecule has 5 heteroatoms. The molecule has 0 fully saturated rings. The number of phenols is 1. The molecule has 4 nitrogen and oxygen atoms in total. The molecule has 2 atom stereocenters. The average molecular weight is 244 g/mol. The van der Waals surface area contributed by atoms with Crippen LogP contribution in [0.15, 0.2) is 6.07 Å². The van der Waals surface area contributed by atoms with E-state index >= 15 is 0 Å². The van der Waals surface area contributed by atoms with Gasteiger partial charge in [-0.25, -0.2) is 0 Å². The highest BCUT2D eigenvalue weighted by atomic mass is 35.5. The van der Waals surface area contributed by atoms with Crippen molar-refractivity contribution in [2.24, 2.45) is 5.73 Å². The summed E-state index contributed by atoms with van der Waals surface area (Å²) < 4.78 is 5.53. The van der Waals surface area contributed by atoms with Crippen LogP contribution in [0, 0.1) is 0 Å². The van der Waals surface area contributed by atoms with Gasteiger partial charge in [-0.05, 0) is 13.0 Å². The Bertz CT molecular complexity index is 422. The number of hydrogen-bond acceptors (Lipinski definition) is 4. The Labute approximate surface area is 98.6 Å². The summed E-state index contributed by atoms with van der Waals surface area (Å²) in [6.07, 6.45) is -0.222. The monoisotopic (exact) mass is 243 g/mol. The lowest BCUT2D eigenvalue weighted by molar-refractivity contribution is 0.181. The Balaban J connectivity index is 2.52. The van der Waals surface area contributed by atoms with Gasteiger partial charge in [0.2, 0.25) is 0 Å². The lowest BCUT2D eigenvalue weighted by atomic mass is 10.0. The maximum Gasteiger partial charge on any atom is 0.140 e. The number of benzene rings is 1. The van der Waals surface area contributed by atoms with Crippen molar-refractivity contribution in [2.45, 2.75) is 25.6 Å². The number of halogens is 1. The van der Waals surface area contributed by atoms with Crippen molar-refractivity contribution < 1.29 is 14.9 Å². The van der Waals surface area contributed by atoms with Crippen LogP contribution in [-0.2, 0) is 6.42 Å². The number of fused-ring (bicyclic) bond motifs is 1. The molecular weight excluding hydrogens is 230 g/mol. The van der Waals surface area contributed by atoms with Gasteiger partial charge in [-0.2, -0.15) is 0 Å². The first kappa shape index (κ1) is 11.5. The molecule has 0 bridgehead atoms. The first-order chi connectivity index (χ1) is 7.54. The molecule has 1 heterocycles. The van der Waals surface area contributed by atoms with Crippen LogP contribution in [0.4, 0.5) is 0 Å². The van der Waals surface area contributed by atoms with Crippen LogP contribution in [0.3, 0.4) is 0 Å². The van der Waals surface area contributed by atoms with Gasteiger partial charge < -0.3 is 20.7 Å². The Morgan fingerprint density at radius 2 is 2.38 bits per heavy atom. The van der Waals surface area contributed by atoms with E-state index in [0.29, 0.717) is 17.7 Å². The predicted molar refractivity (Wildman–Crippen MR) is 60.9 cm³/mol. The van der Waals surface area contributed by atoms with Gasteiger partial charge in [-0.15, -0.1) is 0 Å². The van der Waals surface area contributed by atoms with Gasteiger partial charge in [-0.3, -0.25) is 0 Å². The molecule has 0 saturated heterocycles. The van der Waals surface area contributed by atoms with E-state index in [1.54, 1.807) is 6.07 Å². The standard InChI is InChI=1S/C11H14ClNO3/c1-5-2-7-9(16-5)3-6(8(14)4-13)11(15)10(7)12/h3,5,8,14-15H,2,4,13H2,1H3. The minimum Gasteiger partial charge on any atom is -0.506 e. The number of aromatic hydroxyl groups is 1. The van der Waals surface area contributed by atoms with Crippen molar-refractivity contribution in [3.63, 3.8) is 0 Å². The highest BCUT2D eigenvalue weighted by Gasteiger charge is 2.27. The second-order valence-corrected chi connectivity index (χ2v) is 4.37. The molecule has 0 aliphatic carbocycles. The zero-order valence-electron chi connectivity index (χ0n) is 8.90. The summed E-state index contributed by atoms with van der Waals surface area (Å²) in [4.78, 5) is 0. The van der Waals surface area contributed by atoms with Crippen molar-refractivity contribution in [1.29, 1.82) is 0 Å². The molecule has 0 amide bonds. The predicted octanol–water partition coefficient (Wildman–Crippen LogP) is 1.36. The van der Waals surface area contributed by atoms with E-state index < -0.39 is 6.10 Å². The van der Waals surface area contributed by atoms with Crippen molar-refractivity contribution in [3.05, 3.63) is 22.2 Å². The van der Waals surface area contributed by atoms with E-state index in [9.17, 15) is 10.2 Å². The molecule has 1 aliphatic rings. The Morgan fingerprint density at radius 1 is 1.69 bits per heavy atom. The van der Waals surface area contributed by atoms with Crippen LogP contribution in [0.25, 0.3) is 0 Å². The molecule has 0 saturated carbocycles. The van der Waals surface area contributed by atoms with E-state index in [0.717, 1.165) is 5.56 Å². The van der Waals surface area contributed by atoms with E-state index in [1.165, 1.54) is 0 Å². The molecule has 0 radical (unpaired) electrons. The second-order valence-electron chi connectivity index (χ2n) is 3.99.